The monoisotopic (exact) mass is 454 g/mol. The van der Waals surface area contributed by atoms with Gasteiger partial charge in [0.1, 0.15) is 41.8 Å². The third-order valence-corrected chi connectivity index (χ3v) is 5.82. The van der Waals surface area contributed by atoms with E-state index < -0.39 is 0 Å². The molecule has 0 bridgehead atoms. The number of fused-ring (bicyclic) bond motifs is 3. The lowest BCUT2D eigenvalue weighted by Gasteiger charge is -2.30. The molecular formula is C30H30O4. The first-order chi connectivity index (χ1) is 16.4. The van der Waals surface area contributed by atoms with Crippen molar-refractivity contribution in [1.29, 1.82) is 0 Å². The van der Waals surface area contributed by atoms with Crippen LogP contribution in [0.4, 0.5) is 0 Å². The topological polar surface area (TPSA) is 36.9 Å². The van der Waals surface area contributed by atoms with Crippen molar-refractivity contribution in [2.75, 3.05) is 6.61 Å². The summed E-state index contributed by atoms with van der Waals surface area (Å²) in [5.74, 6) is 3.28. The van der Waals surface area contributed by atoms with Gasteiger partial charge in [-0.2, -0.15) is 0 Å². The van der Waals surface area contributed by atoms with Crippen LogP contribution in [-0.4, -0.2) is 18.3 Å². The van der Waals surface area contributed by atoms with E-state index in [1.165, 1.54) is 0 Å². The van der Waals surface area contributed by atoms with E-state index in [4.69, 9.17) is 18.9 Å². The first-order valence-corrected chi connectivity index (χ1v) is 11.7. The molecule has 5 rings (SSSR count). The number of rotatable bonds is 6. The predicted molar refractivity (Wildman–Crippen MR) is 137 cm³/mol. The molecule has 0 aliphatic carbocycles. The van der Waals surface area contributed by atoms with E-state index in [-0.39, 0.29) is 11.7 Å². The Kier molecular flexibility index (Phi) is 5.82. The summed E-state index contributed by atoms with van der Waals surface area (Å²) < 4.78 is 24.6. The van der Waals surface area contributed by atoms with E-state index in [0.717, 1.165) is 50.8 Å². The number of ether oxygens (including phenoxy) is 4. The Labute approximate surface area is 201 Å². The smallest absolute Gasteiger partial charge is 0.137 e. The first kappa shape index (κ1) is 22.1. The van der Waals surface area contributed by atoms with Gasteiger partial charge in [0.25, 0.3) is 0 Å². The molecule has 3 aromatic carbocycles. The molecule has 2 heterocycles. The van der Waals surface area contributed by atoms with Crippen LogP contribution in [-0.2, 0) is 6.61 Å². The lowest BCUT2D eigenvalue weighted by molar-refractivity contribution is 0.158. The Balaban J connectivity index is 1.49. The summed E-state index contributed by atoms with van der Waals surface area (Å²) >= 11 is 0. The van der Waals surface area contributed by atoms with Gasteiger partial charge in [-0.05, 0) is 75.8 Å². The highest BCUT2D eigenvalue weighted by Gasteiger charge is 2.27. The number of hydrogen-bond acceptors (Lipinski definition) is 4. The zero-order chi connectivity index (χ0) is 23.7. The highest BCUT2D eigenvalue weighted by Crippen LogP contribution is 2.43. The van der Waals surface area contributed by atoms with Gasteiger partial charge in [0.05, 0.1) is 11.7 Å². The fourth-order valence-electron chi connectivity index (χ4n) is 4.22. The van der Waals surface area contributed by atoms with Crippen molar-refractivity contribution in [3.05, 3.63) is 89.0 Å². The van der Waals surface area contributed by atoms with Crippen LogP contribution in [0.3, 0.4) is 0 Å². The average molecular weight is 455 g/mol. The fraction of sp³-hybridized carbons (Fsp3) is 0.267. The summed E-state index contributed by atoms with van der Waals surface area (Å²) in [6, 6.07) is 20.3. The quantitative estimate of drug-likeness (QED) is 0.396. The summed E-state index contributed by atoms with van der Waals surface area (Å²) in [5.41, 5.74) is 4.89. The van der Waals surface area contributed by atoms with Gasteiger partial charge in [0.2, 0.25) is 0 Å². The average Bonchev–Trinajstić information content (AvgIpc) is 2.82. The normalized spacial score (nSPS) is 15.5. The van der Waals surface area contributed by atoms with Crippen molar-refractivity contribution >= 4 is 17.7 Å². The largest absolute Gasteiger partial charge is 0.491 e. The van der Waals surface area contributed by atoms with Gasteiger partial charge >= 0.3 is 0 Å². The molecule has 0 aromatic heterocycles. The van der Waals surface area contributed by atoms with E-state index in [0.29, 0.717) is 13.2 Å². The molecule has 2 aliphatic heterocycles. The highest BCUT2D eigenvalue weighted by atomic mass is 16.5. The second kappa shape index (κ2) is 8.94. The predicted octanol–water partition coefficient (Wildman–Crippen LogP) is 7.17. The number of benzene rings is 3. The molecule has 0 amide bonds. The minimum Gasteiger partial charge on any atom is -0.491 e. The van der Waals surface area contributed by atoms with Gasteiger partial charge in [-0.3, -0.25) is 0 Å². The maximum Gasteiger partial charge on any atom is 0.137 e. The molecule has 4 heteroatoms. The van der Waals surface area contributed by atoms with Crippen molar-refractivity contribution in [2.45, 2.75) is 46.0 Å². The third-order valence-electron chi connectivity index (χ3n) is 5.82. The Morgan fingerprint density at radius 3 is 2.62 bits per heavy atom. The molecule has 0 saturated heterocycles. The van der Waals surface area contributed by atoms with Crippen molar-refractivity contribution in [3.63, 3.8) is 0 Å². The molecule has 3 aromatic rings. The Morgan fingerprint density at radius 2 is 1.82 bits per heavy atom. The summed E-state index contributed by atoms with van der Waals surface area (Å²) in [7, 11) is 0. The molecule has 2 aliphatic rings. The van der Waals surface area contributed by atoms with Gasteiger partial charge in [-0.1, -0.05) is 30.3 Å². The van der Waals surface area contributed by atoms with Gasteiger partial charge in [-0.15, -0.1) is 0 Å². The van der Waals surface area contributed by atoms with Crippen LogP contribution < -0.4 is 18.9 Å². The molecule has 0 atom stereocenters. The van der Waals surface area contributed by atoms with Crippen LogP contribution >= 0.6 is 0 Å². The molecule has 4 nitrogen and oxygen atoms in total. The zero-order valence-electron chi connectivity index (χ0n) is 20.1. The van der Waals surface area contributed by atoms with Crippen molar-refractivity contribution < 1.29 is 18.9 Å². The Morgan fingerprint density at radius 1 is 1.00 bits per heavy atom. The third kappa shape index (κ3) is 4.67. The van der Waals surface area contributed by atoms with Gasteiger partial charge in [0.15, 0.2) is 0 Å². The Bertz CT molecular complexity index is 1250. The standard InChI is InChI=1S/C30H30O4/c1-20(2)33-24-11-12-25(28(17-24)31-18-21-8-6-5-7-9-21)23-16-22-10-13-27-26(29(22)32-19-23)14-15-30(3,4)34-27/h5-17,20H,18-19H2,1-4H3. The zero-order valence-corrected chi connectivity index (χ0v) is 20.1. The number of hydrogen-bond donors (Lipinski definition) is 0. The minimum absolute atomic E-state index is 0.0864. The molecular weight excluding hydrogens is 424 g/mol. The van der Waals surface area contributed by atoms with Crippen LogP contribution in [0.5, 0.6) is 23.0 Å². The van der Waals surface area contributed by atoms with E-state index in [1.54, 1.807) is 0 Å². The minimum atomic E-state index is -0.318. The molecule has 34 heavy (non-hydrogen) atoms. The second-order valence-electron chi connectivity index (χ2n) is 9.49. The second-order valence-corrected chi connectivity index (χ2v) is 9.49. The van der Waals surface area contributed by atoms with E-state index in [9.17, 15) is 0 Å². The maximum absolute atomic E-state index is 6.29. The van der Waals surface area contributed by atoms with E-state index in [2.05, 4.69) is 42.5 Å². The van der Waals surface area contributed by atoms with E-state index in [1.807, 2.05) is 64.1 Å². The van der Waals surface area contributed by atoms with Crippen molar-refractivity contribution in [2.24, 2.45) is 0 Å². The summed E-state index contributed by atoms with van der Waals surface area (Å²) in [6.07, 6.45) is 6.44. The van der Waals surface area contributed by atoms with Crippen molar-refractivity contribution in [3.8, 4) is 23.0 Å². The highest BCUT2D eigenvalue weighted by molar-refractivity contribution is 5.90. The van der Waals surface area contributed by atoms with E-state index >= 15 is 0 Å². The maximum atomic E-state index is 6.29. The molecule has 174 valence electrons. The fourth-order valence-corrected chi connectivity index (χ4v) is 4.22. The van der Waals surface area contributed by atoms with Crippen LogP contribution in [0, 0.1) is 0 Å². The molecule has 0 saturated carbocycles. The van der Waals surface area contributed by atoms with Gasteiger partial charge in [0, 0.05) is 22.8 Å². The molecule has 0 fully saturated rings. The molecule has 0 N–H and O–H groups in total. The SMILES string of the molecule is CC(C)Oc1ccc(C2=Cc3ccc4c(c3OC2)C=CC(C)(C)O4)c(OCc2ccccc2)c1. The van der Waals surface area contributed by atoms with Gasteiger partial charge in [-0.25, -0.2) is 0 Å². The summed E-state index contributed by atoms with van der Waals surface area (Å²) in [5, 5.41) is 0. The van der Waals surface area contributed by atoms with Crippen molar-refractivity contribution in [1.82, 2.24) is 0 Å². The van der Waals surface area contributed by atoms with Crippen LogP contribution in [0.2, 0.25) is 0 Å². The lowest BCUT2D eigenvalue weighted by atomic mass is 9.95. The molecule has 0 spiro atoms. The van der Waals surface area contributed by atoms with Crippen LogP contribution in [0.15, 0.2) is 66.7 Å². The Hall–Kier alpha value is -3.66. The molecule has 0 unspecified atom stereocenters. The van der Waals surface area contributed by atoms with Crippen LogP contribution in [0.25, 0.3) is 17.7 Å². The lowest BCUT2D eigenvalue weighted by Crippen LogP contribution is -2.27. The first-order valence-electron chi connectivity index (χ1n) is 11.7. The summed E-state index contributed by atoms with van der Waals surface area (Å²) in [6.45, 7) is 9.07. The molecule has 0 radical (unpaired) electrons. The van der Waals surface area contributed by atoms with Crippen LogP contribution in [0.1, 0.15) is 49.9 Å². The van der Waals surface area contributed by atoms with Gasteiger partial charge < -0.3 is 18.9 Å². The summed E-state index contributed by atoms with van der Waals surface area (Å²) in [4.78, 5) is 0.